The van der Waals surface area contributed by atoms with Gasteiger partial charge in [-0.1, -0.05) is 33.8 Å². The summed E-state index contributed by atoms with van der Waals surface area (Å²) < 4.78 is 11.2. The van der Waals surface area contributed by atoms with Gasteiger partial charge in [-0.15, -0.1) is 0 Å². The maximum atomic E-state index is 12.5. The Balaban J connectivity index is 2.91. The summed E-state index contributed by atoms with van der Waals surface area (Å²) in [5.74, 6) is 0.178. The second-order valence-corrected chi connectivity index (χ2v) is 6.13. The zero-order valence-electron chi connectivity index (χ0n) is 13.9. The van der Waals surface area contributed by atoms with Gasteiger partial charge < -0.3 is 14.6 Å². The molecule has 0 amide bonds. The lowest BCUT2D eigenvalue weighted by Gasteiger charge is -2.38. The average Bonchev–Trinajstić information content (AvgIpc) is 2.42. The molecule has 1 rings (SSSR count). The third kappa shape index (κ3) is 3.79. The Morgan fingerprint density at radius 2 is 1.95 bits per heavy atom. The average molecular weight is 298 g/mol. The monoisotopic (exact) mass is 298 g/mol. The highest BCUT2D eigenvalue weighted by Gasteiger charge is 2.46. The molecule has 0 heterocycles. The molecular formula is C17H30O4. The van der Waals surface area contributed by atoms with Crippen molar-refractivity contribution in [2.75, 3.05) is 6.61 Å². The second-order valence-electron chi connectivity index (χ2n) is 6.13. The van der Waals surface area contributed by atoms with E-state index in [1.807, 2.05) is 20.8 Å². The fourth-order valence-electron chi connectivity index (χ4n) is 3.18. The minimum absolute atomic E-state index is 0.0229. The van der Waals surface area contributed by atoms with E-state index in [0.29, 0.717) is 18.8 Å². The first-order valence-corrected chi connectivity index (χ1v) is 8.11. The van der Waals surface area contributed by atoms with Crippen molar-refractivity contribution in [3.05, 3.63) is 12.3 Å². The zero-order chi connectivity index (χ0) is 16.0. The number of hydrogen-bond acceptors (Lipinski definition) is 4. The smallest absolute Gasteiger partial charge is 0.319 e. The second kappa shape index (κ2) is 7.83. The summed E-state index contributed by atoms with van der Waals surface area (Å²) in [5, 5.41) is 10.1. The molecule has 0 aliphatic heterocycles. The van der Waals surface area contributed by atoms with E-state index in [1.54, 1.807) is 6.92 Å². The number of carbonyl (C=O) groups is 1. The standard InChI is InChI=1S/C17H30O4/c1-6-17(12(3)4,16(19)20-7-2)13(5)21-15-11-9-8-10-14(15)18/h12,14-15,18H,5-11H2,1-4H3/t14-,15-,17-/m0/s1. The maximum absolute atomic E-state index is 12.5. The van der Waals surface area contributed by atoms with Crippen molar-refractivity contribution in [1.82, 2.24) is 0 Å². The van der Waals surface area contributed by atoms with Crippen LogP contribution in [0, 0.1) is 11.3 Å². The number of ether oxygens (including phenoxy) is 2. The van der Waals surface area contributed by atoms with Crippen molar-refractivity contribution in [1.29, 1.82) is 0 Å². The molecule has 1 saturated carbocycles. The van der Waals surface area contributed by atoms with Crippen LogP contribution in [0.1, 0.15) is 59.8 Å². The third-order valence-electron chi connectivity index (χ3n) is 4.64. The van der Waals surface area contributed by atoms with Crippen molar-refractivity contribution < 1.29 is 19.4 Å². The molecule has 0 aromatic rings. The van der Waals surface area contributed by atoms with Gasteiger partial charge in [0.2, 0.25) is 0 Å². The van der Waals surface area contributed by atoms with Crippen LogP contribution in [0.2, 0.25) is 0 Å². The highest BCUT2D eigenvalue weighted by atomic mass is 16.5. The van der Waals surface area contributed by atoms with E-state index in [0.717, 1.165) is 25.7 Å². The van der Waals surface area contributed by atoms with E-state index in [4.69, 9.17) is 9.47 Å². The Morgan fingerprint density at radius 1 is 1.33 bits per heavy atom. The Labute approximate surface area is 128 Å². The van der Waals surface area contributed by atoms with Crippen LogP contribution < -0.4 is 0 Å². The van der Waals surface area contributed by atoms with Gasteiger partial charge >= 0.3 is 5.97 Å². The quantitative estimate of drug-likeness (QED) is 0.578. The van der Waals surface area contributed by atoms with Crippen LogP contribution >= 0.6 is 0 Å². The molecule has 0 unspecified atom stereocenters. The molecule has 0 spiro atoms. The SMILES string of the molecule is C=C(O[C@H]1CCCC[C@@H]1O)[C@@](CC)(C(=O)OCC)C(C)C. The molecule has 1 aliphatic rings. The van der Waals surface area contributed by atoms with Crippen LogP contribution in [0.3, 0.4) is 0 Å². The molecule has 0 saturated heterocycles. The summed E-state index contributed by atoms with van der Waals surface area (Å²) >= 11 is 0. The molecule has 1 N–H and O–H groups in total. The molecule has 4 nitrogen and oxygen atoms in total. The predicted molar refractivity (Wildman–Crippen MR) is 82.7 cm³/mol. The summed E-state index contributed by atoms with van der Waals surface area (Å²) in [6.45, 7) is 12.1. The highest BCUT2D eigenvalue weighted by molar-refractivity contribution is 5.80. The van der Waals surface area contributed by atoms with Crippen LogP contribution in [-0.2, 0) is 14.3 Å². The lowest BCUT2D eigenvalue weighted by Crippen LogP contribution is -2.42. The van der Waals surface area contributed by atoms with Gasteiger partial charge in [0.1, 0.15) is 17.3 Å². The maximum Gasteiger partial charge on any atom is 0.319 e. The summed E-state index contributed by atoms with van der Waals surface area (Å²) in [6, 6.07) is 0. The topological polar surface area (TPSA) is 55.8 Å². The van der Waals surface area contributed by atoms with Crippen molar-refractivity contribution >= 4 is 5.97 Å². The van der Waals surface area contributed by atoms with Crippen LogP contribution in [0.4, 0.5) is 0 Å². The first-order chi connectivity index (χ1) is 9.90. The van der Waals surface area contributed by atoms with Gasteiger partial charge in [0.25, 0.3) is 0 Å². The van der Waals surface area contributed by atoms with E-state index in [9.17, 15) is 9.90 Å². The van der Waals surface area contributed by atoms with Crippen molar-refractivity contribution in [2.45, 2.75) is 72.0 Å². The summed E-state index contributed by atoms with van der Waals surface area (Å²) in [7, 11) is 0. The van der Waals surface area contributed by atoms with Gasteiger partial charge in [0.15, 0.2) is 0 Å². The van der Waals surface area contributed by atoms with Crippen molar-refractivity contribution in [3.8, 4) is 0 Å². The predicted octanol–water partition coefficient (Wildman–Crippen LogP) is 3.44. The summed E-state index contributed by atoms with van der Waals surface area (Å²) in [5.41, 5.74) is -0.840. The van der Waals surface area contributed by atoms with Crippen LogP contribution in [0.5, 0.6) is 0 Å². The van der Waals surface area contributed by atoms with Gasteiger partial charge in [-0.25, -0.2) is 0 Å². The Morgan fingerprint density at radius 3 is 2.43 bits per heavy atom. The Kier molecular flexibility index (Phi) is 6.72. The number of esters is 1. The molecule has 0 aromatic carbocycles. The van der Waals surface area contributed by atoms with Crippen LogP contribution in [-0.4, -0.2) is 29.9 Å². The lowest BCUT2D eigenvalue weighted by atomic mass is 9.73. The number of aliphatic hydroxyl groups is 1. The van der Waals surface area contributed by atoms with E-state index >= 15 is 0 Å². The molecule has 1 fully saturated rings. The molecule has 21 heavy (non-hydrogen) atoms. The number of aliphatic hydroxyl groups excluding tert-OH is 1. The summed E-state index contributed by atoms with van der Waals surface area (Å²) in [4.78, 5) is 12.5. The molecule has 3 atom stereocenters. The normalized spacial score (nSPS) is 25.2. The highest BCUT2D eigenvalue weighted by Crippen LogP contribution is 2.42. The van der Waals surface area contributed by atoms with Gasteiger partial charge in [0, 0.05) is 0 Å². The van der Waals surface area contributed by atoms with Crippen molar-refractivity contribution in [3.63, 3.8) is 0 Å². The van der Waals surface area contributed by atoms with E-state index in [-0.39, 0.29) is 18.0 Å². The number of rotatable bonds is 7. The molecule has 0 radical (unpaired) electrons. The minimum atomic E-state index is -0.840. The first-order valence-electron chi connectivity index (χ1n) is 8.11. The van der Waals surface area contributed by atoms with Gasteiger partial charge in [-0.05, 0) is 38.5 Å². The van der Waals surface area contributed by atoms with E-state index in [1.165, 1.54) is 0 Å². The van der Waals surface area contributed by atoms with E-state index < -0.39 is 11.5 Å². The Bertz CT molecular complexity index is 364. The lowest BCUT2D eigenvalue weighted by molar-refractivity contribution is -0.161. The Hall–Kier alpha value is -1.03. The molecule has 0 aromatic heterocycles. The zero-order valence-corrected chi connectivity index (χ0v) is 13.9. The minimum Gasteiger partial charge on any atom is -0.491 e. The van der Waals surface area contributed by atoms with E-state index in [2.05, 4.69) is 6.58 Å². The number of carbonyl (C=O) groups excluding carboxylic acids is 1. The van der Waals surface area contributed by atoms with Gasteiger partial charge in [-0.3, -0.25) is 4.79 Å². The fourth-order valence-corrected chi connectivity index (χ4v) is 3.18. The number of hydrogen-bond donors (Lipinski definition) is 1. The molecule has 4 heteroatoms. The van der Waals surface area contributed by atoms with Crippen molar-refractivity contribution in [2.24, 2.45) is 11.3 Å². The molecular weight excluding hydrogens is 268 g/mol. The van der Waals surface area contributed by atoms with Gasteiger partial charge in [-0.2, -0.15) is 0 Å². The first kappa shape index (κ1) is 18.0. The van der Waals surface area contributed by atoms with Crippen LogP contribution in [0.15, 0.2) is 12.3 Å². The third-order valence-corrected chi connectivity index (χ3v) is 4.64. The van der Waals surface area contributed by atoms with Crippen LogP contribution in [0.25, 0.3) is 0 Å². The fraction of sp³-hybridized carbons (Fsp3) is 0.824. The molecule has 122 valence electrons. The largest absolute Gasteiger partial charge is 0.491 e. The summed E-state index contributed by atoms with van der Waals surface area (Å²) in [6.07, 6.45) is 3.46. The molecule has 1 aliphatic carbocycles. The molecule has 0 bridgehead atoms. The van der Waals surface area contributed by atoms with Gasteiger partial charge in [0.05, 0.1) is 12.7 Å².